The minimum absolute atomic E-state index is 0. The van der Waals surface area contributed by atoms with E-state index in [4.69, 9.17) is 0 Å². The average Bonchev–Trinajstić information content (AvgIpc) is 2.27. The fraction of sp³-hybridized carbons (Fsp3) is 0.133. The summed E-state index contributed by atoms with van der Waals surface area (Å²) in [5, 5.41) is 2.65. The number of aromatic nitrogens is 1. The molecule has 0 fully saturated rings. The molecular weight excluding hydrogens is 274 g/mol. The lowest BCUT2D eigenvalue weighted by atomic mass is 10.0. The molecule has 1 aromatic carbocycles. The zero-order chi connectivity index (χ0) is 11.1. The summed E-state index contributed by atoms with van der Waals surface area (Å²) in [4.78, 5) is 0. The molecule has 0 aliphatic heterocycles. The SMILES string of the molecule is Cc1cc(C)c2cc3cccc[n+]3cc2c1.[Br-]. The van der Waals surface area contributed by atoms with Crippen molar-refractivity contribution in [2.75, 3.05) is 0 Å². The van der Waals surface area contributed by atoms with Gasteiger partial charge in [0.05, 0.1) is 0 Å². The van der Waals surface area contributed by atoms with E-state index in [1.165, 1.54) is 27.4 Å². The van der Waals surface area contributed by atoms with Crippen LogP contribution in [-0.4, -0.2) is 0 Å². The van der Waals surface area contributed by atoms with Gasteiger partial charge >= 0.3 is 0 Å². The van der Waals surface area contributed by atoms with Crippen molar-refractivity contribution in [3.05, 3.63) is 59.9 Å². The third kappa shape index (κ3) is 2.05. The van der Waals surface area contributed by atoms with E-state index >= 15 is 0 Å². The zero-order valence-corrected chi connectivity index (χ0v) is 11.5. The summed E-state index contributed by atoms with van der Waals surface area (Å²) in [6, 6.07) is 13.0. The van der Waals surface area contributed by atoms with Crippen LogP contribution in [0.1, 0.15) is 11.1 Å². The van der Waals surface area contributed by atoms with E-state index in [2.05, 4.69) is 67.0 Å². The molecule has 2 heterocycles. The van der Waals surface area contributed by atoms with Crippen molar-refractivity contribution in [1.29, 1.82) is 0 Å². The Morgan fingerprint density at radius 2 is 1.82 bits per heavy atom. The van der Waals surface area contributed by atoms with E-state index in [-0.39, 0.29) is 17.0 Å². The van der Waals surface area contributed by atoms with Crippen molar-refractivity contribution in [1.82, 2.24) is 0 Å². The number of aryl methyl sites for hydroxylation is 2. The second kappa shape index (κ2) is 4.46. The molecule has 2 heteroatoms. The van der Waals surface area contributed by atoms with Gasteiger partial charge in [-0.15, -0.1) is 0 Å². The number of pyridine rings is 2. The second-order valence-corrected chi connectivity index (χ2v) is 4.39. The number of halogens is 1. The number of hydrogen-bond acceptors (Lipinski definition) is 0. The van der Waals surface area contributed by atoms with Gasteiger partial charge < -0.3 is 17.0 Å². The molecule has 0 amide bonds. The molecule has 0 spiro atoms. The van der Waals surface area contributed by atoms with Gasteiger partial charge in [0.25, 0.3) is 0 Å². The van der Waals surface area contributed by atoms with Crippen LogP contribution in [0.5, 0.6) is 0 Å². The van der Waals surface area contributed by atoms with Crippen LogP contribution in [0.2, 0.25) is 0 Å². The number of fused-ring (bicyclic) bond motifs is 2. The molecule has 3 rings (SSSR count). The van der Waals surface area contributed by atoms with E-state index in [0.717, 1.165) is 0 Å². The average molecular weight is 288 g/mol. The number of nitrogens with zero attached hydrogens (tertiary/aromatic N) is 1. The summed E-state index contributed by atoms with van der Waals surface area (Å²) >= 11 is 0. The number of benzene rings is 1. The van der Waals surface area contributed by atoms with Crippen LogP contribution < -0.4 is 21.4 Å². The van der Waals surface area contributed by atoms with E-state index < -0.39 is 0 Å². The first-order chi connectivity index (χ1) is 7.74. The lowest BCUT2D eigenvalue weighted by molar-refractivity contribution is -0.510. The van der Waals surface area contributed by atoms with E-state index in [1.54, 1.807) is 0 Å². The largest absolute Gasteiger partial charge is 1.00 e. The van der Waals surface area contributed by atoms with Gasteiger partial charge in [-0.3, -0.25) is 0 Å². The summed E-state index contributed by atoms with van der Waals surface area (Å²) < 4.78 is 2.17. The van der Waals surface area contributed by atoms with Gasteiger partial charge in [0.2, 0.25) is 5.52 Å². The van der Waals surface area contributed by atoms with Crippen LogP contribution >= 0.6 is 0 Å². The zero-order valence-electron chi connectivity index (χ0n) is 9.94. The molecule has 86 valence electrons. The molecule has 0 unspecified atom stereocenters. The normalized spacial score (nSPS) is 10.5. The van der Waals surface area contributed by atoms with E-state index in [1.807, 2.05) is 0 Å². The van der Waals surface area contributed by atoms with Gasteiger partial charge in [-0.05, 0) is 36.9 Å². The molecule has 2 aromatic heterocycles. The van der Waals surface area contributed by atoms with E-state index in [9.17, 15) is 0 Å². The Morgan fingerprint density at radius 1 is 1.00 bits per heavy atom. The second-order valence-electron chi connectivity index (χ2n) is 4.39. The molecule has 0 saturated heterocycles. The predicted octanol–water partition coefficient (Wildman–Crippen LogP) is 0.199. The smallest absolute Gasteiger partial charge is 0.211 e. The maximum atomic E-state index is 2.25. The van der Waals surface area contributed by atoms with Crippen LogP contribution in [0.3, 0.4) is 0 Å². The highest BCUT2D eigenvalue weighted by Gasteiger charge is 2.06. The molecule has 3 aromatic rings. The van der Waals surface area contributed by atoms with Gasteiger partial charge in [0.1, 0.15) is 0 Å². The first kappa shape index (κ1) is 12.1. The molecule has 0 N–H and O–H groups in total. The van der Waals surface area contributed by atoms with Crippen LogP contribution in [-0.2, 0) is 0 Å². The van der Waals surface area contributed by atoms with Gasteiger partial charge in [0, 0.05) is 23.6 Å². The summed E-state index contributed by atoms with van der Waals surface area (Å²) in [5.41, 5.74) is 3.91. The molecule has 0 aliphatic rings. The molecule has 0 saturated carbocycles. The van der Waals surface area contributed by atoms with Crippen molar-refractivity contribution in [2.24, 2.45) is 0 Å². The van der Waals surface area contributed by atoms with Crippen molar-refractivity contribution in [2.45, 2.75) is 13.8 Å². The maximum Gasteiger partial charge on any atom is 0.211 e. The van der Waals surface area contributed by atoms with Crippen LogP contribution in [0.25, 0.3) is 16.3 Å². The lowest BCUT2D eigenvalue weighted by Crippen LogP contribution is -3.00. The maximum absolute atomic E-state index is 2.25. The quantitative estimate of drug-likeness (QED) is 0.411. The topological polar surface area (TPSA) is 4.10 Å². The van der Waals surface area contributed by atoms with E-state index in [0.29, 0.717) is 0 Å². The fourth-order valence-corrected chi connectivity index (χ4v) is 2.32. The predicted molar refractivity (Wildman–Crippen MR) is 66.6 cm³/mol. The summed E-state index contributed by atoms with van der Waals surface area (Å²) in [5.74, 6) is 0. The van der Waals surface area contributed by atoms with Crippen molar-refractivity contribution < 1.29 is 21.4 Å². The molecular formula is C15H14BrN. The van der Waals surface area contributed by atoms with Crippen LogP contribution in [0, 0.1) is 13.8 Å². The van der Waals surface area contributed by atoms with Crippen LogP contribution in [0.15, 0.2) is 48.8 Å². The first-order valence-corrected chi connectivity index (χ1v) is 5.55. The lowest BCUT2D eigenvalue weighted by Gasteiger charge is -2.02. The summed E-state index contributed by atoms with van der Waals surface area (Å²) in [6.45, 7) is 4.32. The highest BCUT2D eigenvalue weighted by Crippen LogP contribution is 2.20. The van der Waals surface area contributed by atoms with Gasteiger partial charge in [-0.1, -0.05) is 11.6 Å². The fourth-order valence-electron chi connectivity index (χ4n) is 2.32. The minimum Gasteiger partial charge on any atom is -1.00 e. The summed E-state index contributed by atoms with van der Waals surface area (Å²) in [7, 11) is 0. The van der Waals surface area contributed by atoms with Crippen molar-refractivity contribution in [3.63, 3.8) is 0 Å². The Hall–Kier alpha value is -1.41. The number of rotatable bonds is 0. The highest BCUT2D eigenvalue weighted by molar-refractivity contribution is 5.87. The standard InChI is InChI=1S/C15H14N.BrH/c1-11-7-12(2)15-9-14-5-3-4-6-16(14)10-13(15)8-11;/h3-10H,1-2H3;1H/q+1;/p-1. The molecule has 17 heavy (non-hydrogen) atoms. The Bertz CT molecular complexity index is 689. The van der Waals surface area contributed by atoms with Gasteiger partial charge in [-0.25, -0.2) is 0 Å². The van der Waals surface area contributed by atoms with Gasteiger partial charge in [-0.2, -0.15) is 4.40 Å². The number of hydrogen-bond donors (Lipinski definition) is 0. The Morgan fingerprint density at radius 3 is 2.65 bits per heavy atom. The molecule has 1 nitrogen and oxygen atoms in total. The monoisotopic (exact) mass is 287 g/mol. The van der Waals surface area contributed by atoms with Crippen LogP contribution in [0.4, 0.5) is 0 Å². The molecule has 0 atom stereocenters. The first-order valence-electron chi connectivity index (χ1n) is 5.55. The Kier molecular flexibility index (Phi) is 3.16. The molecule has 0 bridgehead atoms. The third-order valence-electron chi connectivity index (χ3n) is 3.06. The summed E-state index contributed by atoms with van der Waals surface area (Å²) in [6.07, 6.45) is 4.29. The van der Waals surface area contributed by atoms with Crippen molar-refractivity contribution >= 4 is 16.3 Å². The minimum atomic E-state index is 0. The third-order valence-corrected chi connectivity index (χ3v) is 3.06. The highest BCUT2D eigenvalue weighted by atomic mass is 79.9. The molecule has 0 radical (unpaired) electrons. The Balaban J connectivity index is 0.00000108. The van der Waals surface area contributed by atoms with Gasteiger partial charge in [0.15, 0.2) is 12.4 Å². The molecule has 0 aliphatic carbocycles. The Labute approximate surface area is 111 Å². The van der Waals surface area contributed by atoms with Crippen molar-refractivity contribution in [3.8, 4) is 0 Å².